The molecule has 0 aromatic heterocycles. The summed E-state index contributed by atoms with van der Waals surface area (Å²) in [6, 6.07) is 11.6. The van der Waals surface area contributed by atoms with Gasteiger partial charge in [-0.15, -0.1) is 0 Å². The van der Waals surface area contributed by atoms with E-state index < -0.39 is 15.8 Å². The minimum atomic E-state index is -3.81. The summed E-state index contributed by atoms with van der Waals surface area (Å²) in [5, 5.41) is 0. The molecule has 23 heavy (non-hydrogen) atoms. The summed E-state index contributed by atoms with van der Waals surface area (Å²) in [4.78, 5) is 2.10. The lowest BCUT2D eigenvalue weighted by Gasteiger charge is -2.25. The Hall–Kier alpha value is -1.92. The molecule has 122 valence electrons. The Balaban J connectivity index is 2.15. The Morgan fingerprint density at radius 3 is 2.57 bits per heavy atom. The number of nitrogens with zero attached hydrogens (tertiary/aromatic N) is 2. The average Bonchev–Trinajstić information content (AvgIpc) is 2.68. The number of hydrogen-bond donors (Lipinski definition) is 0. The zero-order chi connectivity index (χ0) is 16.6. The normalized spacial score (nSPS) is 16.0. The molecule has 3 rings (SSSR count). The van der Waals surface area contributed by atoms with Gasteiger partial charge in [0.1, 0.15) is 5.82 Å². The molecule has 0 atom stereocenters. The number of anilines is 1. The monoisotopic (exact) mass is 334 g/mol. The third-order valence-electron chi connectivity index (χ3n) is 4.17. The van der Waals surface area contributed by atoms with E-state index in [4.69, 9.17) is 0 Å². The Morgan fingerprint density at radius 1 is 1.04 bits per heavy atom. The first kappa shape index (κ1) is 16.0. The highest BCUT2D eigenvalue weighted by Gasteiger charge is 2.30. The summed E-state index contributed by atoms with van der Waals surface area (Å²) in [5.74, 6) is -0.508. The predicted octanol–water partition coefficient (Wildman–Crippen LogP) is 2.77. The van der Waals surface area contributed by atoms with Gasteiger partial charge in [0.2, 0.25) is 0 Å². The molecule has 0 saturated heterocycles. The fourth-order valence-electron chi connectivity index (χ4n) is 2.88. The van der Waals surface area contributed by atoms with Crippen LogP contribution in [0.5, 0.6) is 0 Å². The lowest BCUT2D eigenvalue weighted by Crippen LogP contribution is -2.35. The van der Waals surface area contributed by atoms with Gasteiger partial charge in [-0.25, -0.2) is 12.8 Å². The number of rotatable bonds is 2. The van der Waals surface area contributed by atoms with E-state index >= 15 is 0 Å². The van der Waals surface area contributed by atoms with Crippen LogP contribution in [0.15, 0.2) is 47.4 Å². The number of hydrogen-bond acceptors (Lipinski definition) is 3. The molecule has 0 aliphatic carbocycles. The molecule has 1 aliphatic heterocycles. The van der Waals surface area contributed by atoms with Crippen LogP contribution in [0.4, 0.5) is 10.1 Å². The zero-order valence-corrected chi connectivity index (χ0v) is 14.0. The first-order chi connectivity index (χ1) is 10.9. The van der Waals surface area contributed by atoms with Crippen LogP contribution in [-0.2, 0) is 16.6 Å². The van der Waals surface area contributed by atoms with Crippen molar-refractivity contribution in [3.05, 3.63) is 59.4 Å². The molecule has 6 heteroatoms. The van der Waals surface area contributed by atoms with Crippen LogP contribution in [0, 0.1) is 12.7 Å². The fourth-order valence-corrected chi connectivity index (χ4v) is 4.61. The maximum Gasteiger partial charge on any atom is 0.264 e. The number of sulfonamides is 1. The molecule has 0 N–H and O–H groups in total. The minimum absolute atomic E-state index is 0.0249. The van der Waals surface area contributed by atoms with Crippen molar-refractivity contribution in [2.45, 2.75) is 18.4 Å². The summed E-state index contributed by atoms with van der Waals surface area (Å²) in [6.45, 7) is 3.14. The van der Waals surface area contributed by atoms with Crippen LogP contribution < -0.4 is 4.31 Å². The summed E-state index contributed by atoms with van der Waals surface area (Å²) >= 11 is 0. The van der Waals surface area contributed by atoms with E-state index in [-0.39, 0.29) is 10.5 Å². The van der Waals surface area contributed by atoms with Crippen molar-refractivity contribution >= 4 is 15.7 Å². The third-order valence-corrected chi connectivity index (χ3v) is 6.13. The molecular weight excluding hydrogens is 315 g/mol. The van der Waals surface area contributed by atoms with Crippen LogP contribution in [0.1, 0.15) is 11.1 Å². The number of halogens is 1. The second kappa shape index (κ2) is 5.94. The van der Waals surface area contributed by atoms with Gasteiger partial charge in [0.25, 0.3) is 10.0 Å². The number of benzene rings is 2. The molecule has 0 fully saturated rings. The molecule has 0 amide bonds. The SMILES string of the molecule is Cc1c(F)cccc1S(=O)(=O)N1CCN(C)Cc2ccccc21. The molecule has 4 nitrogen and oxygen atoms in total. The van der Waals surface area contributed by atoms with E-state index in [0.29, 0.717) is 25.3 Å². The maximum atomic E-state index is 13.8. The highest BCUT2D eigenvalue weighted by atomic mass is 32.2. The molecule has 0 radical (unpaired) electrons. The topological polar surface area (TPSA) is 40.6 Å². The molecular formula is C17H19FN2O2S. The number of likely N-dealkylation sites (N-methyl/N-ethyl adjacent to an activating group) is 1. The molecule has 0 spiro atoms. The highest BCUT2D eigenvalue weighted by molar-refractivity contribution is 7.92. The molecule has 0 unspecified atom stereocenters. The van der Waals surface area contributed by atoms with Crippen LogP contribution in [0.3, 0.4) is 0 Å². The number of fused-ring (bicyclic) bond motifs is 1. The lowest BCUT2D eigenvalue weighted by molar-refractivity contribution is 0.344. The van der Waals surface area contributed by atoms with Crippen molar-refractivity contribution in [3.8, 4) is 0 Å². The van der Waals surface area contributed by atoms with Crippen LogP contribution in [0.25, 0.3) is 0 Å². The van der Waals surface area contributed by atoms with E-state index in [2.05, 4.69) is 4.90 Å². The van der Waals surface area contributed by atoms with Crippen molar-refractivity contribution in [1.82, 2.24) is 4.90 Å². The Bertz CT molecular complexity index is 836. The van der Waals surface area contributed by atoms with E-state index in [1.807, 2.05) is 25.2 Å². The van der Waals surface area contributed by atoms with Crippen molar-refractivity contribution in [1.29, 1.82) is 0 Å². The van der Waals surface area contributed by atoms with E-state index in [1.54, 1.807) is 6.07 Å². The van der Waals surface area contributed by atoms with Crippen molar-refractivity contribution < 1.29 is 12.8 Å². The van der Waals surface area contributed by atoms with Gasteiger partial charge in [0.05, 0.1) is 10.6 Å². The standard InChI is InChI=1S/C17H19FN2O2S/c1-13-15(18)7-5-9-17(13)23(21,22)20-11-10-19(2)12-14-6-3-4-8-16(14)20/h3-9H,10-12H2,1-2H3. The van der Waals surface area contributed by atoms with Crippen molar-refractivity contribution in [2.75, 3.05) is 24.4 Å². The first-order valence-corrected chi connectivity index (χ1v) is 8.89. The summed E-state index contributed by atoms with van der Waals surface area (Å²) in [6.07, 6.45) is 0. The second-order valence-electron chi connectivity index (χ2n) is 5.81. The van der Waals surface area contributed by atoms with E-state index in [1.165, 1.54) is 29.4 Å². The highest BCUT2D eigenvalue weighted by Crippen LogP contribution is 2.31. The number of para-hydroxylation sites is 1. The average molecular weight is 334 g/mol. The van der Waals surface area contributed by atoms with Gasteiger partial charge >= 0.3 is 0 Å². The molecule has 2 aromatic carbocycles. The zero-order valence-electron chi connectivity index (χ0n) is 13.2. The predicted molar refractivity (Wildman–Crippen MR) is 88.4 cm³/mol. The van der Waals surface area contributed by atoms with Gasteiger partial charge in [-0.2, -0.15) is 0 Å². The molecule has 1 aliphatic rings. The molecule has 1 heterocycles. The van der Waals surface area contributed by atoms with Gasteiger partial charge < -0.3 is 4.90 Å². The summed E-state index contributed by atoms with van der Waals surface area (Å²) in [5.41, 5.74) is 1.77. The minimum Gasteiger partial charge on any atom is -0.300 e. The Kier molecular flexibility index (Phi) is 4.12. The van der Waals surface area contributed by atoms with Gasteiger partial charge in [-0.3, -0.25) is 4.31 Å². The van der Waals surface area contributed by atoms with E-state index in [9.17, 15) is 12.8 Å². The smallest absolute Gasteiger partial charge is 0.264 e. The van der Waals surface area contributed by atoms with Crippen LogP contribution in [-0.4, -0.2) is 33.5 Å². The maximum absolute atomic E-state index is 13.8. The molecule has 0 bridgehead atoms. The van der Waals surface area contributed by atoms with E-state index in [0.717, 1.165) is 5.56 Å². The Labute approximate surface area is 136 Å². The van der Waals surface area contributed by atoms with Crippen molar-refractivity contribution in [2.24, 2.45) is 0 Å². The second-order valence-corrected chi connectivity index (χ2v) is 7.64. The van der Waals surface area contributed by atoms with Gasteiger partial charge in [-0.1, -0.05) is 24.3 Å². The first-order valence-electron chi connectivity index (χ1n) is 7.45. The molecule has 2 aromatic rings. The third kappa shape index (κ3) is 2.84. The largest absolute Gasteiger partial charge is 0.300 e. The summed E-state index contributed by atoms with van der Waals surface area (Å²) < 4.78 is 41.5. The Morgan fingerprint density at radius 2 is 1.78 bits per heavy atom. The van der Waals surface area contributed by atoms with Crippen molar-refractivity contribution in [3.63, 3.8) is 0 Å². The van der Waals surface area contributed by atoms with Crippen LogP contribution in [0.2, 0.25) is 0 Å². The van der Waals surface area contributed by atoms with Gasteiger partial charge in [-0.05, 0) is 37.7 Å². The fraction of sp³-hybridized carbons (Fsp3) is 0.294. The van der Waals surface area contributed by atoms with Gasteiger partial charge in [0.15, 0.2) is 0 Å². The van der Waals surface area contributed by atoms with Crippen LogP contribution >= 0.6 is 0 Å². The van der Waals surface area contributed by atoms with Gasteiger partial charge in [0, 0.05) is 25.2 Å². The molecule has 0 saturated carbocycles. The lowest BCUT2D eigenvalue weighted by atomic mass is 10.2. The quantitative estimate of drug-likeness (QED) is 0.848. The summed E-state index contributed by atoms with van der Waals surface area (Å²) in [7, 11) is -1.85.